The summed E-state index contributed by atoms with van der Waals surface area (Å²) in [6.07, 6.45) is 1.63. The molecule has 0 unspecified atom stereocenters. The average molecular weight is 316 g/mol. The van der Waals surface area contributed by atoms with Crippen LogP contribution in [-0.4, -0.2) is 32.2 Å². The number of hydrogen-bond acceptors (Lipinski definition) is 4. The van der Waals surface area contributed by atoms with Gasteiger partial charge in [-0.05, 0) is 24.0 Å². The second-order valence-electron chi connectivity index (χ2n) is 4.48. The van der Waals surface area contributed by atoms with Crippen molar-refractivity contribution >= 4 is 27.5 Å². The van der Waals surface area contributed by atoms with Crippen molar-refractivity contribution in [3.05, 3.63) is 29.3 Å². The van der Waals surface area contributed by atoms with E-state index in [9.17, 15) is 8.42 Å². The summed E-state index contributed by atoms with van der Waals surface area (Å²) in [5, 5.41) is 0. The summed E-state index contributed by atoms with van der Waals surface area (Å²) in [6.45, 7) is 4.64. The van der Waals surface area contributed by atoms with E-state index < -0.39 is 10.0 Å². The topological polar surface area (TPSA) is 72.2 Å². The molecule has 0 aliphatic rings. The van der Waals surface area contributed by atoms with Crippen molar-refractivity contribution < 1.29 is 8.42 Å². The van der Waals surface area contributed by atoms with Crippen LogP contribution >= 0.6 is 11.8 Å². The first kappa shape index (κ1) is 17.3. The third kappa shape index (κ3) is 5.34. The Balaban J connectivity index is 2.80. The highest BCUT2D eigenvalue weighted by Crippen LogP contribution is 2.24. The van der Waals surface area contributed by atoms with E-state index in [-0.39, 0.29) is 5.75 Å². The minimum atomic E-state index is -3.29. The Hall–Kier alpha value is -0.720. The molecule has 0 spiro atoms. The fraction of sp³-hybridized carbons (Fsp3) is 0.571. The number of hydrogen-bond donors (Lipinski definition) is 2. The van der Waals surface area contributed by atoms with Gasteiger partial charge < -0.3 is 5.73 Å². The van der Waals surface area contributed by atoms with Gasteiger partial charge in [0.2, 0.25) is 10.0 Å². The molecule has 1 aromatic rings. The molecule has 0 aromatic heterocycles. The van der Waals surface area contributed by atoms with Crippen LogP contribution in [0.5, 0.6) is 0 Å². The molecule has 4 nitrogen and oxygen atoms in total. The molecule has 20 heavy (non-hydrogen) atoms. The summed E-state index contributed by atoms with van der Waals surface area (Å²) in [5.41, 5.74) is 8.24. The molecular formula is C14H24N2O2S2. The lowest BCUT2D eigenvalue weighted by Crippen LogP contribution is -2.20. The Morgan fingerprint density at radius 2 is 1.75 bits per heavy atom. The number of aryl methyl sites for hydroxylation is 2. The summed E-state index contributed by atoms with van der Waals surface area (Å²) in [4.78, 5) is 0. The zero-order chi connectivity index (χ0) is 15.0. The average Bonchev–Trinajstić information content (AvgIpc) is 2.43. The smallest absolute Gasteiger partial charge is 0.233 e. The quantitative estimate of drug-likeness (QED) is 0.685. The van der Waals surface area contributed by atoms with E-state index in [0.717, 1.165) is 35.4 Å². The molecular weight excluding hydrogens is 292 g/mol. The molecule has 0 aliphatic carbocycles. The van der Waals surface area contributed by atoms with Gasteiger partial charge in [0, 0.05) is 18.1 Å². The van der Waals surface area contributed by atoms with E-state index in [1.165, 1.54) is 0 Å². The lowest BCUT2D eigenvalue weighted by atomic mass is 10.0. The maximum Gasteiger partial charge on any atom is 0.233 e. The van der Waals surface area contributed by atoms with Crippen LogP contribution in [0.3, 0.4) is 0 Å². The van der Waals surface area contributed by atoms with Crippen molar-refractivity contribution in [1.82, 2.24) is 0 Å². The van der Waals surface area contributed by atoms with Crippen LogP contribution in [0.2, 0.25) is 0 Å². The fourth-order valence-corrected chi connectivity index (χ4v) is 4.33. The number of thioether (sulfide) groups is 1. The Morgan fingerprint density at radius 1 is 1.15 bits per heavy atom. The predicted molar refractivity (Wildman–Crippen MR) is 89.0 cm³/mol. The lowest BCUT2D eigenvalue weighted by molar-refractivity contribution is 0.602. The zero-order valence-corrected chi connectivity index (χ0v) is 13.8. The standard InChI is InChI=1S/C14H24N2O2S2/c1-3-12-6-5-7-13(4-2)14(12)16-20(17,18)11-10-19-9-8-15/h5-7,16H,3-4,8-11,15H2,1-2H3. The van der Waals surface area contributed by atoms with Gasteiger partial charge in [0.05, 0.1) is 11.4 Å². The van der Waals surface area contributed by atoms with E-state index in [1.807, 2.05) is 32.0 Å². The van der Waals surface area contributed by atoms with E-state index in [1.54, 1.807) is 11.8 Å². The van der Waals surface area contributed by atoms with E-state index >= 15 is 0 Å². The van der Waals surface area contributed by atoms with Crippen LogP contribution < -0.4 is 10.5 Å². The first-order valence-corrected chi connectivity index (χ1v) is 9.73. The molecule has 0 radical (unpaired) electrons. The minimum Gasteiger partial charge on any atom is -0.330 e. The van der Waals surface area contributed by atoms with E-state index in [2.05, 4.69) is 4.72 Å². The number of sulfonamides is 1. The molecule has 0 saturated carbocycles. The first-order valence-electron chi connectivity index (χ1n) is 6.93. The fourth-order valence-electron chi connectivity index (χ4n) is 1.93. The number of anilines is 1. The molecule has 0 saturated heterocycles. The molecule has 0 fully saturated rings. The Morgan fingerprint density at radius 3 is 2.25 bits per heavy atom. The number of para-hydroxylation sites is 1. The SMILES string of the molecule is CCc1cccc(CC)c1NS(=O)(=O)CCSCCN. The van der Waals surface area contributed by atoms with E-state index in [4.69, 9.17) is 5.73 Å². The molecule has 0 bridgehead atoms. The summed E-state index contributed by atoms with van der Waals surface area (Å²) in [5.74, 6) is 1.49. The van der Waals surface area contributed by atoms with Crippen molar-refractivity contribution in [2.24, 2.45) is 5.73 Å². The van der Waals surface area contributed by atoms with Gasteiger partial charge in [0.25, 0.3) is 0 Å². The molecule has 0 aliphatic heterocycles. The van der Waals surface area contributed by atoms with Gasteiger partial charge in [-0.1, -0.05) is 32.0 Å². The van der Waals surface area contributed by atoms with Gasteiger partial charge in [-0.15, -0.1) is 0 Å². The van der Waals surface area contributed by atoms with E-state index in [0.29, 0.717) is 12.3 Å². The summed E-state index contributed by atoms with van der Waals surface area (Å²) < 4.78 is 27.0. The van der Waals surface area contributed by atoms with Crippen molar-refractivity contribution in [2.75, 3.05) is 28.5 Å². The van der Waals surface area contributed by atoms with Gasteiger partial charge in [-0.2, -0.15) is 11.8 Å². The van der Waals surface area contributed by atoms with Gasteiger partial charge in [-0.25, -0.2) is 8.42 Å². The zero-order valence-electron chi connectivity index (χ0n) is 12.2. The van der Waals surface area contributed by atoms with Crippen LogP contribution in [0.25, 0.3) is 0 Å². The Kier molecular flexibility index (Phi) is 7.40. The highest BCUT2D eigenvalue weighted by Gasteiger charge is 2.14. The third-order valence-corrected chi connectivity index (χ3v) is 5.55. The van der Waals surface area contributed by atoms with Gasteiger partial charge in [-0.3, -0.25) is 4.72 Å². The molecule has 1 rings (SSSR count). The summed E-state index contributed by atoms with van der Waals surface area (Å²) in [7, 11) is -3.29. The molecule has 0 atom stereocenters. The highest BCUT2D eigenvalue weighted by molar-refractivity contribution is 8.00. The molecule has 114 valence electrons. The van der Waals surface area contributed by atoms with Crippen LogP contribution in [0, 0.1) is 0 Å². The summed E-state index contributed by atoms with van der Waals surface area (Å²) >= 11 is 1.57. The van der Waals surface area contributed by atoms with Crippen LogP contribution in [0.15, 0.2) is 18.2 Å². The highest BCUT2D eigenvalue weighted by atomic mass is 32.2. The number of benzene rings is 1. The van der Waals surface area contributed by atoms with Gasteiger partial charge in [0.1, 0.15) is 0 Å². The maximum absolute atomic E-state index is 12.1. The van der Waals surface area contributed by atoms with Gasteiger partial charge >= 0.3 is 0 Å². The first-order chi connectivity index (χ1) is 9.54. The minimum absolute atomic E-state index is 0.124. The lowest BCUT2D eigenvalue weighted by Gasteiger charge is -2.15. The number of rotatable bonds is 9. The Labute approximate surface area is 126 Å². The van der Waals surface area contributed by atoms with Crippen molar-refractivity contribution in [3.63, 3.8) is 0 Å². The molecule has 6 heteroatoms. The van der Waals surface area contributed by atoms with Gasteiger partial charge in [0.15, 0.2) is 0 Å². The largest absolute Gasteiger partial charge is 0.330 e. The maximum atomic E-state index is 12.1. The molecule has 0 heterocycles. The second kappa shape index (κ2) is 8.54. The number of nitrogens with one attached hydrogen (secondary N) is 1. The third-order valence-electron chi connectivity index (χ3n) is 3.02. The van der Waals surface area contributed by atoms with Crippen molar-refractivity contribution in [1.29, 1.82) is 0 Å². The van der Waals surface area contributed by atoms with Crippen LogP contribution in [-0.2, 0) is 22.9 Å². The second-order valence-corrected chi connectivity index (χ2v) is 7.55. The molecule has 1 aromatic carbocycles. The normalized spacial score (nSPS) is 11.6. The van der Waals surface area contributed by atoms with Crippen LogP contribution in [0.4, 0.5) is 5.69 Å². The van der Waals surface area contributed by atoms with Crippen LogP contribution in [0.1, 0.15) is 25.0 Å². The summed E-state index contributed by atoms with van der Waals surface area (Å²) in [6, 6.07) is 5.92. The van der Waals surface area contributed by atoms with Crippen molar-refractivity contribution in [2.45, 2.75) is 26.7 Å². The van der Waals surface area contributed by atoms with Crippen molar-refractivity contribution in [3.8, 4) is 0 Å². The molecule has 3 N–H and O–H groups in total. The monoisotopic (exact) mass is 316 g/mol. The predicted octanol–water partition coefficient (Wildman–Crippen LogP) is 2.25. The Bertz CT molecular complexity index is 494. The number of nitrogens with two attached hydrogens (primary N) is 1. The molecule has 0 amide bonds.